The summed E-state index contributed by atoms with van der Waals surface area (Å²) in [5.41, 5.74) is 2.22. The first-order valence-electron chi connectivity index (χ1n) is 6.89. The fourth-order valence-corrected chi connectivity index (χ4v) is 4.01. The van der Waals surface area contributed by atoms with Crippen molar-refractivity contribution in [3.63, 3.8) is 0 Å². The van der Waals surface area contributed by atoms with E-state index in [-0.39, 0.29) is 11.6 Å². The van der Waals surface area contributed by atoms with Crippen molar-refractivity contribution in [1.29, 1.82) is 0 Å². The number of sulfonamides is 1. The summed E-state index contributed by atoms with van der Waals surface area (Å²) in [4.78, 5) is 2.96. The maximum atomic E-state index is 12.5. The molecule has 0 spiro atoms. The van der Waals surface area contributed by atoms with Crippen LogP contribution in [0.4, 0.5) is 0 Å². The number of benzene rings is 2. The van der Waals surface area contributed by atoms with Gasteiger partial charge in [0.05, 0.1) is 10.0 Å². The highest BCUT2D eigenvalue weighted by molar-refractivity contribution is 7.89. The summed E-state index contributed by atoms with van der Waals surface area (Å²) in [6, 6.07) is 12.5. The SMILES string of the molecule is Cc1c(S(=O)(=O)NCc2ccc(Cl)c(Cl)c2)[nH]c2ccccc12. The van der Waals surface area contributed by atoms with Gasteiger partial charge in [-0.15, -0.1) is 0 Å². The molecule has 0 saturated carbocycles. The smallest absolute Gasteiger partial charge is 0.256 e. The Labute approximate surface area is 144 Å². The third-order valence-electron chi connectivity index (χ3n) is 3.64. The molecule has 0 unspecified atom stereocenters. The lowest BCUT2D eigenvalue weighted by Gasteiger charge is -2.07. The van der Waals surface area contributed by atoms with Gasteiger partial charge < -0.3 is 4.98 Å². The van der Waals surface area contributed by atoms with Gasteiger partial charge in [-0.2, -0.15) is 0 Å². The number of H-pyrrole nitrogens is 1. The number of fused-ring (bicyclic) bond motifs is 1. The molecule has 0 fully saturated rings. The van der Waals surface area contributed by atoms with E-state index in [1.165, 1.54) is 0 Å². The summed E-state index contributed by atoms with van der Waals surface area (Å²) in [6.07, 6.45) is 0. The van der Waals surface area contributed by atoms with Crippen LogP contribution < -0.4 is 4.72 Å². The van der Waals surface area contributed by atoms with E-state index in [1.807, 2.05) is 24.3 Å². The second-order valence-corrected chi connectivity index (χ2v) is 7.72. The highest BCUT2D eigenvalue weighted by Crippen LogP contribution is 2.25. The fraction of sp³-hybridized carbons (Fsp3) is 0.125. The molecular weight excluding hydrogens is 355 g/mol. The average molecular weight is 369 g/mol. The molecule has 3 rings (SSSR count). The second kappa shape index (κ2) is 6.17. The minimum absolute atomic E-state index is 0.133. The molecule has 3 aromatic rings. The quantitative estimate of drug-likeness (QED) is 0.722. The lowest BCUT2D eigenvalue weighted by Crippen LogP contribution is -2.24. The minimum atomic E-state index is -3.66. The van der Waals surface area contributed by atoms with E-state index in [9.17, 15) is 8.42 Å². The zero-order valence-corrected chi connectivity index (χ0v) is 14.6. The average Bonchev–Trinajstić information content (AvgIpc) is 2.87. The Bertz CT molecular complexity index is 981. The summed E-state index contributed by atoms with van der Waals surface area (Å²) in [5, 5.41) is 1.90. The predicted molar refractivity (Wildman–Crippen MR) is 93.5 cm³/mol. The standard InChI is InChI=1S/C16H14Cl2N2O2S/c1-10-12-4-2-3-5-15(12)20-16(10)23(21,22)19-9-11-6-7-13(17)14(18)8-11/h2-8,19-20H,9H2,1H3. The van der Waals surface area contributed by atoms with E-state index in [2.05, 4.69) is 9.71 Å². The lowest BCUT2D eigenvalue weighted by atomic mass is 10.2. The van der Waals surface area contributed by atoms with E-state index in [4.69, 9.17) is 23.2 Å². The van der Waals surface area contributed by atoms with Crippen molar-refractivity contribution in [2.24, 2.45) is 0 Å². The molecule has 0 saturated heterocycles. The lowest BCUT2D eigenvalue weighted by molar-refractivity contribution is 0.577. The second-order valence-electron chi connectivity index (χ2n) is 5.20. The molecular formula is C16H14Cl2N2O2S. The zero-order chi connectivity index (χ0) is 16.6. The molecule has 0 aliphatic rings. The van der Waals surface area contributed by atoms with E-state index in [0.717, 1.165) is 16.5 Å². The molecule has 0 atom stereocenters. The highest BCUT2D eigenvalue weighted by Gasteiger charge is 2.20. The maximum absolute atomic E-state index is 12.5. The molecule has 0 amide bonds. The molecule has 1 aromatic heterocycles. The van der Waals surface area contributed by atoms with Crippen molar-refractivity contribution in [1.82, 2.24) is 9.71 Å². The number of para-hydroxylation sites is 1. The van der Waals surface area contributed by atoms with Gasteiger partial charge in [-0.05, 0) is 36.2 Å². The van der Waals surface area contributed by atoms with Gasteiger partial charge in [0.1, 0.15) is 0 Å². The Morgan fingerprint density at radius 2 is 1.83 bits per heavy atom. The van der Waals surface area contributed by atoms with Gasteiger partial charge in [-0.1, -0.05) is 47.5 Å². The van der Waals surface area contributed by atoms with Crippen LogP contribution in [0.5, 0.6) is 0 Å². The van der Waals surface area contributed by atoms with Crippen LogP contribution in [-0.4, -0.2) is 13.4 Å². The van der Waals surface area contributed by atoms with Gasteiger partial charge in [0, 0.05) is 17.4 Å². The first kappa shape index (κ1) is 16.3. The fourth-order valence-electron chi connectivity index (χ4n) is 2.43. The number of aromatic nitrogens is 1. The molecule has 7 heteroatoms. The molecule has 2 aromatic carbocycles. The van der Waals surface area contributed by atoms with Gasteiger partial charge in [0.25, 0.3) is 10.0 Å². The molecule has 120 valence electrons. The number of aromatic amines is 1. The Balaban J connectivity index is 1.88. The van der Waals surface area contributed by atoms with E-state index in [0.29, 0.717) is 15.6 Å². The number of hydrogen-bond acceptors (Lipinski definition) is 2. The Morgan fingerprint density at radius 3 is 2.52 bits per heavy atom. The van der Waals surface area contributed by atoms with Crippen LogP contribution in [0.25, 0.3) is 10.9 Å². The third kappa shape index (κ3) is 3.23. The summed E-state index contributed by atoms with van der Waals surface area (Å²) in [6.45, 7) is 1.92. The van der Waals surface area contributed by atoms with Crippen molar-refractivity contribution in [2.75, 3.05) is 0 Å². The third-order valence-corrected chi connectivity index (χ3v) is 5.85. The van der Waals surface area contributed by atoms with E-state index in [1.54, 1.807) is 25.1 Å². The van der Waals surface area contributed by atoms with Gasteiger partial charge >= 0.3 is 0 Å². The van der Waals surface area contributed by atoms with E-state index >= 15 is 0 Å². The van der Waals surface area contributed by atoms with Crippen molar-refractivity contribution in [3.8, 4) is 0 Å². The Kier molecular flexibility index (Phi) is 4.38. The summed E-state index contributed by atoms with van der Waals surface area (Å²) < 4.78 is 27.7. The molecule has 2 N–H and O–H groups in total. The van der Waals surface area contributed by atoms with Gasteiger partial charge in [0.15, 0.2) is 5.03 Å². The Morgan fingerprint density at radius 1 is 1.09 bits per heavy atom. The van der Waals surface area contributed by atoms with Crippen LogP contribution in [0.1, 0.15) is 11.1 Å². The topological polar surface area (TPSA) is 62.0 Å². The molecule has 4 nitrogen and oxygen atoms in total. The van der Waals surface area contributed by atoms with Crippen LogP contribution in [0.15, 0.2) is 47.5 Å². The maximum Gasteiger partial charge on any atom is 0.256 e. The van der Waals surface area contributed by atoms with Gasteiger partial charge in [0.2, 0.25) is 0 Å². The summed E-state index contributed by atoms with van der Waals surface area (Å²) >= 11 is 11.8. The predicted octanol–water partition coefficient (Wildman–Crippen LogP) is 4.26. The van der Waals surface area contributed by atoms with Gasteiger partial charge in [-0.25, -0.2) is 13.1 Å². The first-order chi connectivity index (χ1) is 10.9. The normalized spacial score (nSPS) is 12.0. The molecule has 0 aliphatic carbocycles. The first-order valence-corrected chi connectivity index (χ1v) is 9.13. The number of rotatable bonds is 4. The van der Waals surface area contributed by atoms with Crippen LogP contribution in [0.2, 0.25) is 10.0 Å². The molecule has 0 radical (unpaired) electrons. The number of aryl methyl sites for hydroxylation is 1. The van der Waals surface area contributed by atoms with Crippen LogP contribution >= 0.6 is 23.2 Å². The molecule has 23 heavy (non-hydrogen) atoms. The zero-order valence-electron chi connectivity index (χ0n) is 12.2. The van der Waals surface area contributed by atoms with Gasteiger partial charge in [-0.3, -0.25) is 0 Å². The summed E-state index contributed by atoms with van der Waals surface area (Å²) in [5.74, 6) is 0. The van der Waals surface area contributed by atoms with Crippen molar-refractivity contribution >= 4 is 44.1 Å². The molecule has 1 heterocycles. The molecule has 0 aliphatic heterocycles. The number of halogens is 2. The number of nitrogens with one attached hydrogen (secondary N) is 2. The van der Waals surface area contributed by atoms with Crippen LogP contribution in [0.3, 0.4) is 0 Å². The van der Waals surface area contributed by atoms with Crippen molar-refractivity contribution in [2.45, 2.75) is 18.5 Å². The monoisotopic (exact) mass is 368 g/mol. The number of hydrogen-bond donors (Lipinski definition) is 2. The highest BCUT2D eigenvalue weighted by atomic mass is 35.5. The van der Waals surface area contributed by atoms with Crippen molar-refractivity contribution in [3.05, 3.63) is 63.6 Å². The summed E-state index contributed by atoms with van der Waals surface area (Å²) in [7, 11) is -3.66. The minimum Gasteiger partial charge on any atom is -0.344 e. The largest absolute Gasteiger partial charge is 0.344 e. The Hall–Kier alpha value is -1.53. The van der Waals surface area contributed by atoms with E-state index < -0.39 is 10.0 Å². The van der Waals surface area contributed by atoms with Crippen LogP contribution in [-0.2, 0) is 16.6 Å². The van der Waals surface area contributed by atoms with Crippen LogP contribution in [0, 0.1) is 6.92 Å². The van der Waals surface area contributed by atoms with Crippen molar-refractivity contribution < 1.29 is 8.42 Å². The molecule has 0 bridgehead atoms.